The van der Waals surface area contributed by atoms with Crippen molar-refractivity contribution in [3.63, 3.8) is 0 Å². The predicted octanol–water partition coefficient (Wildman–Crippen LogP) is 2.82. The molecule has 2 N–H and O–H groups in total. The molecule has 1 amide bonds. The molecule has 8 heteroatoms. The Morgan fingerprint density at radius 2 is 2.00 bits per heavy atom. The highest BCUT2D eigenvalue weighted by atomic mass is 19.4. The smallest absolute Gasteiger partial charge is 0.307 e. The molecule has 100 valence electrons. The first-order valence-corrected chi connectivity index (χ1v) is 5.06. The highest BCUT2D eigenvalue weighted by molar-refractivity contribution is 6.04. The zero-order chi connectivity index (χ0) is 14.0. The third kappa shape index (κ3) is 2.72. The molecular weight excluding hydrogens is 266 g/mol. The summed E-state index contributed by atoms with van der Waals surface area (Å²) in [6.45, 7) is 0. The minimum Gasteiger partial charge on any atom is -0.307 e. The van der Waals surface area contributed by atoms with Crippen molar-refractivity contribution < 1.29 is 22.4 Å². The van der Waals surface area contributed by atoms with Crippen LogP contribution >= 0.6 is 0 Å². The van der Waals surface area contributed by atoms with Gasteiger partial charge in [-0.25, -0.2) is 4.39 Å². The molecule has 0 radical (unpaired) electrons. The lowest BCUT2D eigenvalue weighted by Crippen LogP contribution is -2.17. The van der Waals surface area contributed by atoms with Crippen molar-refractivity contribution in [1.82, 2.24) is 10.2 Å². The van der Waals surface area contributed by atoms with Gasteiger partial charge in [-0.3, -0.25) is 9.89 Å². The second-order valence-electron chi connectivity index (χ2n) is 3.59. The molecule has 0 aliphatic carbocycles. The summed E-state index contributed by atoms with van der Waals surface area (Å²) in [6, 6.07) is 3.88. The number of nitrogens with one attached hydrogen (secondary N) is 2. The Morgan fingerprint density at radius 1 is 1.26 bits per heavy atom. The number of hydrogen-bond acceptors (Lipinski definition) is 2. The maximum Gasteiger partial charge on any atom is 0.419 e. The normalized spacial score (nSPS) is 11.4. The minimum atomic E-state index is -4.85. The van der Waals surface area contributed by atoms with Crippen LogP contribution in [0.4, 0.5) is 23.4 Å². The van der Waals surface area contributed by atoms with Crippen LogP contribution < -0.4 is 5.32 Å². The van der Waals surface area contributed by atoms with Crippen molar-refractivity contribution in [3.8, 4) is 0 Å². The Kier molecular flexibility index (Phi) is 3.24. The zero-order valence-electron chi connectivity index (χ0n) is 9.25. The van der Waals surface area contributed by atoms with Crippen LogP contribution in [0.25, 0.3) is 0 Å². The summed E-state index contributed by atoms with van der Waals surface area (Å²) in [5, 5.41) is 8.10. The third-order valence-electron chi connectivity index (χ3n) is 2.30. The first-order chi connectivity index (χ1) is 8.89. The minimum absolute atomic E-state index is 0.154. The highest BCUT2D eigenvalue weighted by Gasteiger charge is 2.35. The number of alkyl halides is 3. The third-order valence-corrected chi connectivity index (χ3v) is 2.30. The Hall–Kier alpha value is -2.38. The average molecular weight is 273 g/mol. The number of anilines is 1. The van der Waals surface area contributed by atoms with Gasteiger partial charge in [0.05, 0.1) is 17.3 Å². The number of carbonyl (C=O) groups is 1. The first-order valence-electron chi connectivity index (χ1n) is 5.06. The molecule has 0 aliphatic heterocycles. The van der Waals surface area contributed by atoms with E-state index < -0.39 is 29.0 Å². The van der Waals surface area contributed by atoms with Crippen LogP contribution in [0, 0.1) is 5.82 Å². The van der Waals surface area contributed by atoms with Crippen LogP contribution in [0.15, 0.2) is 30.5 Å². The van der Waals surface area contributed by atoms with Crippen molar-refractivity contribution in [2.75, 3.05) is 5.32 Å². The number of H-pyrrole nitrogens is 1. The van der Waals surface area contributed by atoms with E-state index in [9.17, 15) is 22.4 Å². The Bertz CT molecular complexity index is 592. The summed E-state index contributed by atoms with van der Waals surface area (Å²) >= 11 is 0. The molecule has 1 aromatic carbocycles. The van der Waals surface area contributed by atoms with E-state index in [4.69, 9.17) is 0 Å². The lowest BCUT2D eigenvalue weighted by atomic mass is 10.1. The quantitative estimate of drug-likeness (QED) is 0.826. The van der Waals surface area contributed by atoms with Crippen LogP contribution in [0.1, 0.15) is 15.9 Å². The number of aromatic amines is 1. The van der Waals surface area contributed by atoms with Gasteiger partial charge in [-0.05, 0) is 12.1 Å². The van der Waals surface area contributed by atoms with E-state index in [0.29, 0.717) is 6.07 Å². The van der Waals surface area contributed by atoms with Gasteiger partial charge in [-0.15, -0.1) is 0 Å². The molecule has 0 fully saturated rings. The maximum atomic E-state index is 13.6. The molecule has 1 aromatic heterocycles. The largest absolute Gasteiger partial charge is 0.419 e. The molecule has 0 atom stereocenters. The van der Waals surface area contributed by atoms with E-state index in [1.54, 1.807) is 0 Å². The van der Waals surface area contributed by atoms with E-state index in [2.05, 4.69) is 15.5 Å². The Balaban J connectivity index is 2.33. The fourth-order valence-corrected chi connectivity index (χ4v) is 1.44. The van der Waals surface area contributed by atoms with Crippen molar-refractivity contribution in [2.45, 2.75) is 6.18 Å². The van der Waals surface area contributed by atoms with Gasteiger partial charge in [0.1, 0.15) is 11.6 Å². The second kappa shape index (κ2) is 4.71. The van der Waals surface area contributed by atoms with E-state index in [1.165, 1.54) is 12.3 Å². The molecule has 0 bridgehead atoms. The van der Waals surface area contributed by atoms with Crippen molar-refractivity contribution in [1.29, 1.82) is 0 Å². The molecule has 4 nitrogen and oxygen atoms in total. The second-order valence-corrected chi connectivity index (χ2v) is 3.59. The van der Waals surface area contributed by atoms with Gasteiger partial charge in [0, 0.05) is 6.07 Å². The monoisotopic (exact) mass is 273 g/mol. The standard InChI is InChI=1S/C11H7F4N3O/c12-9-6(2-1-3-7(9)11(13,14)15)10(19)17-8-4-5-16-18-8/h1-5H,(H2,16,17,18,19). The number of carbonyl (C=O) groups excluding carboxylic acids is 1. The van der Waals surface area contributed by atoms with E-state index in [-0.39, 0.29) is 5.82 Å². The van der Waals surface area contributed by atoms with Gasteiger partial charge < -0.3 is 5.32 Å². The molecule has 0 unspecified atom stereocenters. The molecule has 0 aliphatic rings. The van der Waals surface area contributed by atoms with Crippen LogP contribution in [-0.2, 0) is 6.18 Å². The van der Waals surface area contributed by atoms with Crippen molar-refractivity contribution in [2.24, 2.45) is 0 Å². The number of benzene rings is 1. The predicted molar refractivity (Wildman–Crippen MR) is 57.9 cm³/mol. The van der Waals surface area contributed by atoms with Crippen LogP contribution in [0.5, 0.6) is 0 Å². The van der Waals surface area contributed by atoms with E-state index >= 15 is 0 Å². The van der Waals surface area contributed by atoms with Gasteiger partial charge in [0.25, 0.3) is 5.91 Å². The lowest BCUT2D eigenvalue weighted by Gasteiger charge is -2.10. The molecule has 2 rings (SSSR count). The molecule has 2 aromatic rings. The summed E-state index contributed by atoms with van der Waals surface area (Å²) in [4.78, 5) is 11.6. The number of rotatable bonds is 2. The number of aromatic nitrogens is 2. The summed E-state index contributed by atoms with van der Waals surface area (Å²) in [7, 11) is 0. The topological polar surface area (TPSA) is 57.8 Å². The number of nitrogens with zero attached hydrogens (tertiary/aromatic N) is 1. The Morgan fingerprint density at radius 3 is 2.58 bits per heavy atom. The molecular formula is C11H7F4N3O. The van der Waals surface area contributed by atoms with Crippen LogP contribution in [0.2, 0.25) is 0 Å². The number of halogens is 4. The molecule has 19 heavy (non-hydrogen) atoms. The van der Waals surface area contributed by atoms with E-state index in [0.717, 1.165) is 12.1 Å². The summed E-state index contributed by atoms with van der Waals surface area (Å²) < 4.78 is 51.1. The van der Waals surface area contributed by atoms with Crippen molar-refractivity contribution in [3.05, 3.63) is 47.4 Å². The molecule has 0 saturated carbocycles. The average Bonchev–Trinajstić information content (AvgIpc) is 2.80. The molecule has 1 heterocycles. The highest BCUT2D eigenvalue weighted by Crippen LogP contribution is 2.32. The first kappa shape index (κ1) is 13.1. The summed E-state index contributed by atoms with van der Waals surface area (Å²) in [5.41, 5.74) is -2.17. The molecule has 0 saturated heterocycles. The maximum absolute atomic E-state index is 13.6. The van der Waals surface area contributed by atoms with Gasteiger partial charge >= 0.3 is 6.18 Å². The SMILES string of the molecule is O=C(Nc1ccn[nH]1)c1cccc(C(F)(F)F)c1F. The Labute approximate surface area is 104 Å². The van der Waals surface area contributed by atoms with Gasteiger partial charge in [0.2, 0.25) is 0 Å². The van der Waals surface area contributed by atoms with Crippen molar-refractivity contribution >= 4 is 11.7 Å². The fraction of sp³-hybridized carbons (Fsp3) is 0.0909. The summed E-state index contributed by atoms with van der Waals surface area (Å²) in [6.07, 6.45) is -3.52. The summed E-state index contributed by atoms with van der Waals surface area (Å²) in [5.74, 6) is -2.44. The zero-order valence-corrected chi connectivity index (χ0v) is 9.25. The van der Waals surface area contributed by atoms with Crippen LogP contribution in [-0.4, -0.2) is 16.1 Å². The number of amides is 1. The van der Waals surface area contributed by atoms with Gasteiger partial charge in [0.15, 0.2) is 0 Å². The van der Waals surface area contributed by atoms with Gasteiger partial charge in [-0.1, -0.05) is 6.07 Å². The number of hydrogen-bond donors (Lipinski definition) is 2. The van der Waals surface area contributed by atoms with Crippen LogP contribution in [0.3, 0.4) is 0 Å². The fourth-order valence-electron chi connectivity index (χ4n) is 1.44. The van der Waals surface area contributed by atoms with Gasteiger partial charge in [-0.2, -0.15) is 18.3 Å². The molecule has 0 spiro atoms. The van der Waals surface area contributed by atoms with E-state index in [1.807, 2.05) is 0 Å². The lowest BCUT2D eigenvalue weighted by molar-refractivity contribution is -0.140.